The highest BCUT2D eigenvalue weighted by atomic mass is 16.6. The number of hydrogen-bond acceptors (Lipinski definition) is 6. The largest absolute Gasteiger partial charge is 0.458 e. The summed E-state index contributed by atoms with van der Waals surface area (Å²) in [6.07, 6.45) is 2.92. The minimum Gasteiger partial charge on any atom is -0.458 e. The smallest absolute Gasteiger partial charge is 0.338 e. The number of carbonyl (C=O) groups excluding carboxylic acids is 1. The molecule has 0 amide bonds. The van der Waals surface area contributed by atoms with Crippen molar-refractivity contribution in [3.8, 4) is 0 Å². The first-order valence-electron chi connectivity index (χ1n) is 8.06. The van der Waals surface area contributed by atoms with Gasteiger partial charge in [-0.3, -0.25) is 4.90 Å². The molecule has 1 saturated heterocycles. The summed E-state index contributed by atoms with van der Waals surface area (Å²) in [5.41, 5.74) is -0.775. The number of aliphatic hydroxyl groups is 3. The molecule has 4 atom stereocenters. The van der Waals surface area contributed by atoms with E-state index in [1.54, 1.807) is 6.92 Å². The van der Waals surface area contributed by atoms with Crippen LogP contribution in [0.3, 0.4) is 0 Å². The molecule has 1 fully saturated rings. The van der Waals surface area contributed by atoms with E-state index < -0.39 is 11.6 Å². The Hall–Kier alpha value is -0.950. The SMILES string of the molecule is CC[C@H](C)[C@](O)(CCO)C(=O)O[C@@H]1CCN2CC=C(CO)[C@H]12. The maximum Gasteiger partial charge on any atom is 0.338 e. The molecule has 22 heavy (non-hydrogen) atoms. The maximum atomic E-state index is 12.5. The fourth-order valence-electron chi connectivity index (χ4n) is 3.44. The van der Waals surface area contributed by atoms with Crippen LogP contribution in [0, 0.1) is 5.92 Å². The first-order valence-corrected chi connectivity index (χ1v) is 8.06. The van der Waals surface area contributed by atoms with Crippen LogP contribution in [0.15, 0.2) is 11.6 Å². The van der Waals surface area contributed by atoms with Gasteiger partial charge < -0.3 is 20.1 Å². The Morgan fingerprint density at radius 3 is 2.86 bits per heavy atom. The predicted octanol–water partition coefficient (Wildman–Crippen LogP) is 0.0644. The molecule has 126 valence electrons. The molecular weight excluding hydrogens is 286 g/mol. The third-order valence-electron chi connectivity index (χ3n) is 5.13. The standard InChI is InChI=1S/C16H27NO5/c1-3-11(2)16(21,6-9-18)15(20)22-13-5-8-17-7-4-12(10-19)14(13)17/h4,11,13-14,18-19,21H,3,5-10H2,1-2H3/t11-,13+,14+,16+/m0/s1. The highest BCUT2D eigenvalue weighted by molar-refractivity contribution is 5.80. The Balaban J connectivity index is 2.08. The number of aliphatic hydroxyl groups excluding tert-OH is 2. The zero-order valence-electron chi connectivity index (χ0n) is 13.4. The second kappa shape index (κ2) is 7.08. The lowest BCUT2D eigenvalue weighted by Gasteiger charge is -2.33. The van der Waals surface area contributed by atoms with Gasteiger partial charge in [-0.1, -0.05) is 26.3 Å². The van der Waals surface area contributed by atoms with Crippen LogP contribution in [0.4, 0.5) is 0 Å². The average Bonchev–Trinajstić information content (AvgIpc) is 3.09. The van der Waals surface area contributed by atoms with Crippen molar-refractivity contribution in [1.82, 2.24) is 4.90 Å². The molecule has 0 aliphatic carbocycles. The molecule has 0 aromatic carbocycles. The monoisotopic (exact) mass is 313 g/mol. The lowest BCUT2D eigenvalue weighted by atomic mass is 9.84. The van der Waals surface area contributed by atoms with Crippen molar-refractivity contribution in [3.05, 3.63) is 11.6 Å². The topological polar surface area (TPSA) is 90.2 Å². The molecule has 0 unspecified atom stereocenters. The molecule has 0 bridgehead atoms. The van der Waals surface area contributed by atoms with Gasteiger partial charge in [0.25, 0.3) is 0 Å². The third kappa shape index (κ3) is 3.06. The minimum atomic E-state index is -1.65. The van der Waals surface area contributed by atoms with Gasteiger partial charge in [-0.05, 0) is 17.9 Å². The molecule has 2 aliphatic rings. The Labute approximate surface area is 131 Å². The zero-order valence-corrected chi connectivity index (χ0v) is 13.4. The molecule has 6 nitrogen and oxygen atoms in total. The number of hydrogen-bond donors (Lipinski definition) is 3. The summed E-state index contributed by atoms with van der Waals surface area (Å²) in [6, 6.07) is -0.0794. The van der Waals surface area contributed by atoms with E-state index in [1.165, 1.54) is 0 Å². The summed E-state index contributed by atoms with van der Waals surface area (Å²) in [5, 5.41) is 29.2. The van der Waals surface area contributed by atoms with E-state index in [0.717, 1.165) is 18.7 Å². The van der Waals surface area contributed by atoms with Crippen molar-refractivity contribution >= 4 is 5.97 Å². The van der Waals surface area contributed by atoms with Crippen molar-refractivity contribution in [2.75, 3.05) is 26.3 Å². The van der Waals surface area contributed by atoms with Crippen LogP contribution in [0.2, 0.25) is 0 Å². The van der Waals surface area contributed by atoms with Crippen LogP contribution in [0.5, 0.6) is 0 Å². The molecule has 6 heteroatoms. The van der Waals surface area contributed by atoms with Crippen LogP contribution in [-0.2, 0) is 9.53 Å². The molecule has 0 aromatic rings. The summed E-state index contributed by atoms with van der Waals surface area (Å²) >= 11 is 0. The summed E-state index contributed by atoms with van der Waals surface area (Å²) in [4.78, 5) is 14.7. The number of carbonyl (C=O) groups is 1. The normalized spacial score (nSPS) is 28.9. The quantitative estimate of drug-likeness (QED) is 0.455. The molecular formula is C16H27NO5. The van der Waals surface area contributed by atoms with Gasteiger partial charge in [0.2, 0.25) is 0 Å². The zero-order chi connectivity index (χ0) is 16.3. The highest BCUT2D eigenvalue weighted by Gasteiger charge is 2.47. The van der Waals surface area contributed by atoms with Crippen LogP contribution < -0.4 is 0 Å². The molecule has 0 aromatic heterocycles. The second-order valence-corrected chi connectivity index (χ2v) is 6.32. The van der Waals surface area contributed by atoms with E-state index in [4.69, 9.17) is 9.84 Å². The van der Waals surface area contributed by atoms with Crippen LogP contribution in [0.25, 0.3) is 0 Å². The number of rotatable bonds is 7. The van der Waals surface area contributed by atoms with Gasteiger partial charge in [0.1, 0.15) is 6.10 Å². The number of ether oxygens (including phenoxy) is 1. The van der Waals surface area contributed by atoms with E-state index in [-0.39, 0.29) is 37.7 Å². The molecule has 2 aliphatic heterocycles. The Bertz CT molecular complexity index is 438. The van der Waals surface area contributed by atoms with E-state index in [0.29, 0.717) is 12.8 Å². The lowest BCUT2D eigenvalue weighted by Crippen LogP contribution is -2.49. The van der Waals surface area contributed by atoms with E-state index in [2.05, 4.69) is 4.90 Å². The molecule has 2 rings (SSSR count). The first-order chi connectivity index (χ1) is 10.5. The van der Waals surface area contributed by atoms with Crippen LogP contribution in [-0.4, -0.2) is 70.2 Å². The van der Waals surface area contributed by atoms with Gasteiger partial charge in [0.15, 0.2) is 5.60 Å². The van der Waals surface area contributed by atoms with E-state index in [1.807, 2.05) is 13.0 Å². The van der Waals surface area contributed by atoms with Crippen molar-refractivity contribution in [1.29, 1.82) is 0 Å². The van der Waals surface area contributed by atoms with Crippen molar-refractivity contribution in [3.63, 3.8) is 0 Å². The van der Waals surface area contributed by atoms with Crippen molar-refractivity contribution < 1.29 is 24.9 Å². The number of fused-ring (bicyclic) bond motifs is 1. The number of nitrogens with zero attached hydrogens (tertiary/aromatic N) is 1. The maximum absolute atomic E-state index is 12.5. The average molecular weight is 313 g/mol. The van der Waals surface area contributed by atoms with Gasteiger partial charge >= 0.3 is 5.97 Å². The highest BCUT2D eigenvalue weighted by Crippen LogP contribution is 2.33. The summed E-state index contributed by atoms with van der Waals surface area (Å²) in [7, 11) is 0. The van der Waals surface area contributed by atoms with Gasteiger partial charge in [-0.25, -0.2) is 4.79 Å². The second-order valence-electron chi connectivity index (χ2n) is 6.32. The summed E-state index contributed by atoms with van der Waals surface area (Å²) < 4.78 is 5.60. The molecule has 3 N–H and O–H groups in total. The van der Waals surface area contributed by atoms with Gasteiger partial charge in [0.05, 0.1) is 12.6 Å². The van der Waals surface area contributed by atoms with Crippen LogP contribution >= 0.6 is 0 Å². The number of esters is 1. The molecule has 2 heterocycles. The minimum absolute atomic E-state index is 0.0232. The summed E-state index contributed by atoms with van der Waals surface area (Å²) in [5.74, 6) is -0.951. The fraction of sp³-hybridized carbons (Fsp3) is 0.812. The lowest BCUT2D eigenvalue weighted by molar-refractivity contribution is -0.179. The fourth-order valence-corrected chi connectivity index (χ4v) is 3.44. The van der Waals surface area contributed by atoms with Crippen LogP contribution in [0.1, 0.15) is 33.1 Å². The molecule has 0 spiro atoms. The van der Waals surface area contributed by atoms with Gasteiger partial charge in [-0.2, -0.15) is 0 Å². The van der Waals surface area contributed by atoms with Gasteiger partial charge in [0, 0.05) is 26.1 Å². The van der Waals surface area contributed by atoms with Crippen molar-refractivity contribution in [2.24, 2.45) is 5.92 Å². The molecule has 0 radical (unpaired) electrons. The van der Waals surface area contributed by atoms with E-state index in [9.17, 15) is 15.0 Å². The van der Waals surface area contributed by atoms with Crippen molar-refractivity contribution in [2.45, 2.75) is 50.9 Å². The summed E-state index contributed by atoms with van der Waals surface area (Å²) in [6.45, 7) is 4.94. The third-order valence-corrected chi connectivity index (χ3v) is 5.13. The Kier molecular flexibility index (Phi) is 5.60. The first kappa shape index (κ1) is 17.4. The van der Waals surface area contributed by atoms with E-state index >= 15 is 0 Å². The Morgan fingerprint density at radius 2 is 2.27 bits per heavy atom. The van der Waals surface area contributed by atoms with Gasteiger partial charge in [-0.15, -0.1) is 0 Å². The molecule has 0 saturated carbocycles. The Morgan fingerprint density at radius 1 is 1.55 bits per heavy atom. The predicted molar refractivity (Wildman–Crippen MR) is 81.1 cm³/mol.